The molecule has 0 saturated heterocycles. The first-order valence-electron chi connectivity index (χ1n) is 6.40. The summed E-state index contributed by atoms with van der Waals surface area (Å²) in [5.74, 6) is 0. The summed E-state index contributed by atoms with van der Waals surface area (Å²) in [7, 11) is 0. The molecule has 0 fully saturated rings. The predicted octanol–water partition coefficient (Wildman–Crippen LogP) is 1.91. The third-order valence-electron chi connectivity index (χ3n) is 3.52. The van der Waals surface area contributed by atoms with Crippen LogP contribution in [-0.2, 0) is 13.0 Å². The fraction of sp³-hybridized carbons (Fsp3) is 0.571. The van der Waals surface area contributed by atoms with Crippen molar-refractivity contribution in [2.24, 2.45) is 0 Å². The molecule has 3 nitrogen and oxygen atoms in total. The first kappa shape index (κ1) is 12.4. The molecule has 0 spiro atoms. The van der Waals surface area contributed by atoms with E-state index in [0.29, 0.717) is 6.54 Å². The van der Waals surface area contributed by atoms with Crippen LogP contribution in [0.25, 0.3) is 0 Å². The quantitative estimate of drug-likeness (QED) is 0.729. The molecule has 1 heterocycles. The minimum Gasteiger partial charge on any atom is -0.389 e. The highest BCUT2D eigenvalue weighted by Gasteiger charge is 2.17. The molecule has 0 amide bonds. The molecule has 0 bridgehead atoms. The van der Waals surface area contributed by atoms with Crippen molar-refractivity contribution in [3.63, 3.8) is 0 Å². The van der Waals surface area contributed by atoms with E-state index in [2.05, 4.69) is 28.8 Å². The van der Waals surface area contributed by atoms with Gasteiger partial charge in [-0.15, -0.1) is 0 Å². The van der Waals surface area contributed by atoms with Gasteiger partial charge in [-0.25, -0.2) is 0 Å². The van der Waals surface area contributed by atoms with Crippen molar-refractivity contribution in [3.05, 3.63) is 29.3 Å². The second-order valence-corrected chi connectivity index (χ2v) is 5.08. The number of rotatable bonds is 5. The summed E-state index contributed by atoms with van der Waals surface area (Å²) < 4.78 is 0. The van der Waals surface area contributed by atoms with Gasteiger partial charge in [-0.2, -0.15) is 0 Å². The van der Waals surface area contributed by atoms with Crippen LogP contribution in [0.5, 0.6) is 0 Å². The van der Waals surface area contributed by atoms with E-state index < -0.39 is 5.60 Å². The lowest BCUT2D eigenvalue weighted by Crippen LogP contribution is -2.36. The number of hydrogen-bond donors (Lipinski definition) is 3. The minimum atomic E-state index is -0.606. The Balaban J connectivity index is 1.94. The van der Waals surface area contributed by atoms with Crippen molar-refractivity contribution < 1.29 is 5.11 Å². The summed E-state index contributed by atoms with van der Waals surface area (Å²) in [6.07, 6.45) is 1.89. The highest BCUT2D eigenvalue weighted by Crippen LogP contribution is 2.26. The Hall–Kier alpha value is -1.06. The van der Waals surface area contributed by atoms with Gasteiger partial charge in [-0.1, -0.05) is 25.1 Å². The van der Waals surface area contributed by atoms with Crippen LogP contribution in [0.1, 0.15) is 31.4 Å². The average Bonchev–Trinajstić information content (AvgIpc) is 2.78. The molecule has 0 aliphatic carbocycles. The smallest absolute Gasteiger partial charge is 0.0741 e. The Kier molecular flexibility index (Phi) is 3.69. The van der Waals surface area contributed by atoms with Gasteiger partial charge in [0.1, 0.15) is 0 Å². The van der Waals surface area contributed by atoms with E-state index in [1.54, 1.807) is 0 Å². The normalized spacial score (nSPS) is 17.4. The lowest BCUT2D eigenvalue weighted by atomic mass is 10.0. The van der Waals surface area contributed by atoms with Crippen LogP contribution in [0.15, 0.2) is 18.2 Å². The Labute approximate surface area is 103 Å². The maximum atomic E-state index is 9.92. The zero-order valence-corrected chi connectivity index (χ0v) is 10.7. The van der Waals surface area contributed by atoms with E-state index >= 15 is 0 Å². The molecule has 3 heteroatoms. The van der Waals surface area contributed by atoms with Gasteiger partial charge in [0.2, 0.25) is 0 Å². The van der Waals surface area contributed by atoms with Crippen LogP contribution in [-0.4, -0.2) is 23.8 Å². The second-order valence-electron chi connectivity index (χ2n) is 5.08. The number of aliphatic hydroxyl groups is 1. The molecule has 3 N–H and O–H groups in total. The Morgan fingerprint density at radius 3 is 3.06 bits per heavy atom. The third kappa shape index (κ3) is 2.99. The third-order valence-corrected chi connectivity index (χ3v) is 3.52. The van der Waals surface area contributed by atoms with Gasteiger partial charge in [-0.3, -0.25) is 0 Å². The van der Waals surface area contributed by atoms with Gasteiger partial charge in [-0.05, 0) is 30.9 Å². The van der Waals surface area contributed by atoms with E-state index in [1.807, 2.05) is 13.8 Å². The summed E-state index contributed by atoms with van der Waals surface area (Å²) in [4.78, 5) is 0. The summed E-state index contributed by atoms with van der Waals surface area (Å²) in [5.41, 5.74) is 3.39. The van der Waals surface area contributed by atoms with Gasteiger partial charge < -0.3 is 15.7 Å². The van der Waals surface area contributed by atoms with Gasteiger partial charge in [0.05, 0.1) is 5.60 Å². The molecule has 0 radical (unpaired) electrons. The lowest BCUT2D eigenvalue weighted by Gasteiger charge is -2.22. The van der Waals surface area contributed by atoms with Crippen molar-refractivity contribution in [3.8, 4) is 0 Å². The number of benzene rings is 1. The Bertz CT molecular complexity index is 388. The molecule has 2 rings (SSSR count). The molecule has 17 heavy (non-hydrogen) atoms. The van der Waals surface area contributed by atoms with Gasteiger partial charge in [0, 0.05) is 25.3 Å². The number of fused-ring (bicyclic) bond motifs is 1. The van der Waals surface area contributed by atoms with E-state index in [4.69, 9.17) is 0 Å². The predicted molar refractivity (Wildman–Crippen MR) is 71.3 cm³/mol. The first-order valence-corrected chi connectivity index (χ1v) is 6.40. The Morgan fingerprint density at radius 2 is 2.29 bits per heavy atom. The SMILES string of the molecule is CCC(C)(O)CNCc1cccc2c1NCC2. The maximum absolute atomic E-state index is 9.92. The van der Waals surface area contributed by atoms with Gasteiger partial charge >= 0.3 is 0 Å². The van der Waals surface area contributed by atoms with Crippen LogP contribution in [0, 0.1) is 0 Å². The molecule has 1 aliphatic rings. The molecule has 1 atom stereocenters. The van der Waals surface area contributed by atoms with Crippen LogP contribution < -0.4 is 10.6 Å². The molecule has 1 aromatic carbocycles. The van der Waals surface area contributed by atoms with E-state index in [1.165, 1.54) is 16.8 Å². The molecule has 1 unspecified atom stereocenters. The average molecular weight is 234 g/mol. The number of anilines is 1. The van der Waals surface area contributed by atoms with Gasteiger partial charge in [0.25, 0.3) is 0 Å². The standard InChI is InChI=1S/C14H22N2O/c1-3-14(2,17)10-15-9-12-6-4-5-11-7-8-16-13(11)12/h4-6,15-17H,3,7-10H2,1-2H3. The van der Waals surface area contributed by atoms with Gasteiger partial charge in [0.15, 0.2) is 0 Å². The molecule has 1 aromatic rings. The van der Waals surface area contributed by atoms with Crippen molar-refractivity contribution in [2.45, 2.75) is 38.8 Å². The fourth-order valence-corrected chi connectivity index (χ4v) is 2.15. The Morgan fingerprint density at radius 1 is 1.47 bits per heavy atom. The highest BCUT2D eigenvalue weighted by atomic mass is 16.3. The van der Waals surface area contributed by atoms with Crippen LogP contribution in [0.3, 0.4) is 0 Å². The largest absolute Gasteiger partial charge is 0.389 e. The van der Waals surface area contributed by atoms with E-state index in [0.717, 1.165) is 25.9 Å². The molecular weight excluding hydrogens is 212 g/mol. The fourth-order valence-electron chi connectivity index (χ4n) is 2.15. The number of nitrogens with one attached hydrogen (secondary N) is 2. The molecule has 1 aliphatic heterocycles. The second kappa shape index (κ2) is 5.07. The molecular formula is C14H22N2O. The summed E-state index contributed by atoms with van der Waals surface area (Å²) in [6.45, 7) is 6.36. The van der Waals surface area contributed by atoms with Crippen molar-refractivity contribution in [1.82, 2.24) is 5.32 Å². The van der Waals surface area contributed by atoms with Crippen LogP contribution in [0.4, 0.5) is 5.69 Å². The highest BCUT2D eigenvalue weighted by molar-refractivity contribution is 5.61. The van der Waals surface area contributed by atoms with Crippen LogP contribution >= 0.6 is 0 Å². The van der Waals surface area contributed by atoms with E-state index in [9.17, 15) is 5.11 Å². The summed E-state index contributed by atoms with van der Waals surface area (Å²) >= 11 is 0. The first-order chi connectivity index (χ1) is 8.12. The zero-order chi connectivity index (χ0) is 12.3. The maximum Gasteiger partial charge on any atom is 0.0741 e. The lowest BCUT2D eigenvalue weighted by molar-refractivity contribution is 0.0556. The van der Waals surface area contributed by atoms with Crippen molar-refractivity contribution in [2.75, 3.05) is 18.4 Å². The van der Waals surface area contributed by atoms with Crippen molar-refractivity contribution in [1.29, 1.82) is 0 Å². The van der Waals surface area contributed by atoms with Crippen molar-refractivity contribution >= 4 is 5.69 Å². The summed E-state index contributed by atoms with van der Waals surface area (Å²) in [5, 5.41) is 16.7. The monoisotopic (exact) mass is 234 g/mol. The van der Waals surface area contributed by atoms with E-state index in [-0.39, 0.29) is 0 Å². The number of hydrogen-bond acceptors (Lipinski definition) is 3. The summed E-state index contributed by atoms with van der Waals surface area (Å²) in [6, 6.07) is 6.44. The minimum absolute atomic E-state index is 0.606. The molecule has 0 aromatic heterocycles. The van der Waals surface area contributed by atoms with Crippen LogP contribution in [0.2, 0.25) is 0 Å². The topological polar surface area (TPSA) is 44.3 Å². The molecule has 94 valence electrons. The zero-order valence-electron chi connectivity index (χ0n) is 10.7. The molecule has 0 saturated carbocycles. The number of para-hydroxylation sites is 1.